The molecule has 1 aliphatic rings. The van der Waals surface area contributed by atoms with Gasteiger partial charge in [0.25, 0.3) is 17.6 Å². The summed E-state index contributed by atoms with van der Waals surface area (Å²) < 4.78 is 5.11. The van der Waals surface area contributed by atoms with E-state index in [0.717, 1.165) is 24.0 Å². The number of nitrogens with two attached hydrogens (primary N) is 1. The van der Waals surface area contributed by atoms with Crippen LogP contribution in [-0.2, 0) is 0 Å². The van der Waals surface area contributed by atoms with Gasteiger partial charge in [0.1, 0.15) is 0 Å². The Kier molecular flexibility index (Phi) is 2.70. The van der Waals surface area contributed by atoms with Gasteiger partial charge in [0.2, 0.25) is 0 Å². The van der Waals surface area contributed by atoms with Gasteiger partial charge in [0.05, 0.1) is 0 Å². The van der Waals surface area contributed by atoms with Crippen molar-refractivity contribution in [3.05, 3.63) is 29.6 Å². The van der Waals surface area contributed by atoms with Crippen LogP contribution in [0.4, 0.5) is 5.69 Å². The first-order valence-electron chi connectivity index (χ1n) is 6.14. The second-order valence-electron chi connectivity index (χ2n) is 4.74. The van der Waals surface area contributed by atoms with Crippen LogP contribution < -0.4 is 11.1 Å². The highest BCUT2D eigenvalue weighted by Gasteiger charge is 2.26. The highest BCUT2D eigenvalue weighted by atomic mass is 16.5. The van der Waals surface area contributed by atoms with Gasteiger partial charge >= 0.3 is 0 Å². The van der Waals surface area contributed by atoms with Crippen molar-refractivity contribution in [1.29, 1.82) is 0 Å². The first kappa shape index (κ1) is 11.7. The molecule has 2 aromatic rings. The lowest BCUT2D eigenvalue weighted by molar-refractivity contribution is 0.0937. The number of rotatable bonds is 3. The third-order valence-electron chi connectivity index (χ3n) is 3.06. The fourth-order valence-electron chi connectivity index (χ4n) is 1.72. The van der Waals surface area contributed by atoms with Gasteiger partial charge in [0.15, 0.2) is 0 Å². The maximum Gasteiger partial charge on any atom is 0.292 e. The summed E-state index contributed by atoms with van der Waals surface area (Å²) in [7, 11) is 0. The van der Waals surface area contributed by atoms with E-state index in [1.807, 2.05) is 13.0 Å². The molecule has 98 valence electrons. The molecule has 6 nitrogen and oxygen atoms in total. The molecule has 1 heterocycles. The minimum atomic E-state index is -0.287. The number of aryl methyl sites for hydroxylation is 1. The quantitative estimate of drug-likeness (QED) is 0.814. The Labute approximate surface area is 110 Å². The van der Waals surface area contributed by atoms with Gasteiger partial charge in [0, 0.05) is 17.3 Å². The Morgan fingerprint density at radius 1 is 1.47 bits per heavy atom. The summed E-state index contributed by atoms with van der Waals surface area (Å²) in [4.78, 5) is 15.8. The molecule has 1 aromatic heterocycles. The second kappa shape index (κ2) is 4.38. The Hall–Kier alpha value is -2.37. The number of hydrogen-bond donors (Lipinski definition) is 2. The number of hydrogen-bond acceptors (Lipinski definition) is 5. The Morgan fingerprint density at radius 2 is 2.26 bits per heavy atom. The van der Waals surface area contributed by atoms with E-state index in [-0.39, 0.29) is 17.8 Å². The summed E-state index contributed by atoms with van der Waals surface area (Å²) in [5.74, 6) is 0.102. The van der Waals surface area contributed by atoms with Crippen molar-refractivity contribution in [2.75, 3.05) is 5.73 Å². The topological polar surface area (TPSA) is 94.0 Å². The number of amides is 1. The smallest absolute Gasteiger partial charge is 0.292 e. The Morgan fingerprint density at radius 3 is 2.95 bits per heavy atom. The number of aromatic nitrogens is 2. The molecule has 0 radical (unpaired) electrons. The molecule has 1 amide bonds. The molecule has 3 rings (SSSR count). The van der Waals surface area contributed by atoms with Crippen molar-refractivity contribution < 1.29 is 9.32 Å². The van der Waals surface area contributed by atoms with E-state index in [0.29, 0.717) is 11.6 Å². The summed E-state index contributed by atoms with van der Waals surface area (Å²) in [6, 6.07) is 5.69. The lowest BCUT2D eigenvalue weighted by Crippen LogP contribution is -2.26. The summed E-state index contributed by atoms with van der Waals surface area (Å²) in [5, 5.41) is 6.51. The zero-order valence-electron chi connectivity index (χ0n) is 10.5. The van der Waals surface area contributed by atoms with Crippen LogP contribution in [0, 0.1) is 6.92 Å². The molecule has 1 fully saturated rings. The molecule has 1 saturated carbocycles. The third-order valence-corrected chi connectivity index (χ3v) is 3.06. The maximum absolute atomic E-state index is 11.7. The van der Waals surface area contributed by atoms with Gasteiger partial charge in [-0.25, -0.2) is 0 Å². The van der Waals surface area contributed by atoms with Crippen LogP contribution in [0.15, 0.2) is 22.7 Å². The molecule has 3 N–H and O–H groups in total. The van der Waals surface area contributed by atoms with Gasteiger partial charge in [-0.05, 0) is 43.5 Å². The number of nitrogens with one attached hydrogen (secondary N) is 1. The first-order chi connectivity index (χ1) is 9.13. The van der Waals surface area contributed by atoms with Crippen LogP contribution in [0.25, 0.3) is 11.5 Å². The number of carbonyl (C=O) groups is 1. The minimum absolute atomic E-state index is 0.0661. The van der Waals surface area contributed by atoms with Gasteiger partial charge in [-0.2, -0.15) is 4.98 Å². The average molecular weight is 258 g/mol. The number of carbonyl (C=O) groups excluding carboxylic acids is 1. The Balaban J connectivity index is 1.83. The molecule has 1 aromatic carbocycles. The fourth-order valence-corrected chi connectivity index (χ4v) is 1.72. The van der Waals surface area contributed by atoms with Crippen LogP contribution in [0.1, 0.15) is 29.0 Å². The van der Waals surface area contributed by atoms with Gasteiger partial charge < -0.3 is 15.6 Å². The summed E-state index contributed by atoms with van der Waals surface area (Å²) >= 11 is 0. The van der Waals surface area contributed by atoms with E-state index in [4.69, 9.17) is 10.3 Å². The normalized spacial score (nSPS) is 14.4. The van der Waals surface area contributed by atoms with Crippen molar-refractivity contribution in [2.24, 2.45) is 0 Å². The molecule has 0 saturated heterocycles. The first-order valence-corrected chi connectivity index (χ1v) is 6.14. The van der Waals surface area contributed by atoms with Crippen LogP contribution >= 0.6 is 0 Å². The maximum atomic E-state index is 11.7. The molecule has 0 unspecified atom stereocenters. The molecule has 6 heteroatoms. The minimum Gasteiger partial charge on any atom is -0.399 e. The van der Waals surface area contributed by atoms with Gasteiger partial charge in [-0.3, -0.25) is 4.79 Å². The molecule has 0 aliphatic heterocycles. The average Bonchev–Trinajstić information content (AvgIpc) is 3.06. The standard InChI is InChI=1S/C13H14N4O2/c1-7-6-8(2-5-10(7)14)13-16-11(17-19-13)12(18)15-9-3-4-9/h2,5-6,9H,3-4,14H2,1H3,(H,15,18). The third kappa shape index (κ3) is 2.42. The molecular weight excluding hydrogens is 244 g/mol. The lowest BCUT2D eigenvalue weighted by atomic mass is 10.1. The van der Waals surface area contributed by atoms with E-state index >= 15 is 0 Å². The SMILES string of the molecule is Cc1cc(-c2nc(C(=O)NC3CC3)no2)ccc1N. The molecule has 0 spiro atoms. The van der Waals surface area contributed by atoms with Crippen LogP contribution in [0.5, 0.6) is 0 Å². The van der Waals surface area contributed by atoms with Crippen molar-refractivity contribution >= 4 is 11.6 Å². The van der Waals surface area contributed by atoms with E-state index < -0.39 is 0 Å². The van der Waals surface area contributed by atoms with E-state index in [1.54, 1.807) is 12.1 Å². The van der Waals surface area contributed by atoms with Crippen molar-refractivity contribution in [1.82, 2.24) is 15.5 Å². The summed E-state index contributed by atoms with van der Waals surface area (Å²) in [6.07, 6.45) is 2.04. The fraction of sp³-hybridized carbons (Fsp3) is 0.308. The second-order valence-corrected chi connectivity index (χ2v) is 4.74. The Bertz CT molecular complexity index is 631. The predicted molar refractivity (Wildman–Crippen MR) is 69.4 cm³/mol. The molecule has 0 bridgehead atoms. The zero-order chi connectivity index (χ0) is 13.4. The largest absolute Gasteiger partial charge is 0.399 e. The summed E-state index contributed by atoms with van der Waals surface area (Å²) in [5.41, 5.74) is 8.14. The highest BCUT2D eigenvalue weighted by Crippen LogP contribution is 2.22. The number of nitrogen functional groups attached to an aromatic ring is 1. The van der Waals surface area contributed by atoms with Crippen LogP contribution in [-0.4, -0.2) is 22.1 Å². The number of anilines is 1. The van der Waals surface area contributed by atoms with Crippen molar-refractivity contribution in [3.63, 3.8) is 0 Å². The van der Waals surface area contributed by atoms with Crippen LogP contribution in [0.2, 0.25) is 0 Å². The molecule has 0 atom stereocenters. The number of benzene rings is 1. The number of nitrogens with zero attached hydrogens (tertiary/aromatic N) is 2. The monoisotopic (exact) mass is 258 g/mol. The van der Waals surface area contributed by atoms with Gasteiger partial charge in [-0.15, -0.1) is 0 Å². The zero-order valence-corrected chi connectivity index (χ0v) is 10.5. The highest BCUT2D eigenvalue weighted by molar-refractivity contribution is 5.91. The van der Waals surface area contributed by atoms with E-state index in [9.17, 15) is 4.79 Å². The van der Waals surface area contributed by atoms with E-state index in [2.05, 4.69) is 15.5 Å². The van der Waals surface area contributed by atoms with Crippen molar-refractivity contribution in [3.8, 4) is 11.5 Å². The van der Waals surface area contributed by atoms with Gasteiger partial charge in [-0.1, -0.05) is 5.16 Å². The van der Waals surface area contributed by atoms with Crippen molar-refractivity contribution in [2.45, 2.75) is 25.8 Å². The summed E-state index contributed by atoms with van der Waals surface area (Å²) in [6.45, 7) is 1.90. The molecular formula is C13H14N4O2. The van der Waals surface area contributed by atoms with E-state index in [1.165, 1.54) is 0 Å². The molecule has 19 heavy (non-hydrogen) atoms. The molecule has 1 aliphatic carbocycles. The van der Waals surface area contributed by atoms with Crippen LogP contribution in [0.3, 0.4) is 0 Å². The lowest BCUT2D eigenvalue weighted by Gasteiger charge is -2.00. The predicted octanol–water partition coefficient (Wildman–Crippen LogP) is 1.52.